The molecule has 0 aliphatic heterocycles. The summed E-state index contributed by atoms with van der Waals surface area (Å²) in [5, 5.41) is -0.109. The minimum Gasteiger partial charge on any atom is -0.260 e. The van der Waals surface area contributed by atoms with Gasteiger partial charge in [0.05, 0.1) is 11.8 Å². The smallest absolute Gasteiger partial charge is 0.260 e. The van der Waals surface area contributed by atoms with Crippen molar-refractivity contribution < 1.29 is 79.2 Å². The molecule has 0 atom stereocenters. The van der Waals surface area contributed by atoms with E-state index >= 15 is 0 Å². The Morgan fingerprint density at radius 1 is 0.724 bits per heavy atom. The van der Waals surface area contributed by atoms with Gasteiger partial charge in [-0.2, -0.15) is 43.5 Å². The molecule has 0 saturated heterocycles. The maximum atomic E-state index is 13.2. The first-order valence-electron chi connectivity index (χ1n) is 6.27. The van der Waals surface area contributed by atoms with E-state index < -0.39 is 59.7 Å². The van der Waals surface area contributed by atoms with Gasteiger partial charge in [-0.3, -0.25) is 4.18 Å². The van der Waals surface area contributed by atoms with E-state index in [1.54, 1.807) is 4.74 Å². The SMILES string of the molecule is C=CS(=O)(=O)OCC(F)(F)CC(F)(F)C(F)(F)OC(F)(F)C(F)(F)OC(F)(F)F. The van der Waals surface area contributed by atoms with Crippen LogP contribution >= 0.6 is 0 Å². The molecular formula is C10H7F13O5S. The predicted molar refractivity (Wildman–Crippen MR) is 62.6 cm³/mol. The van der Waals surface area contributed by atoms with E-state index in [1.807, 2.05) is 0 Å². The second-order valence-corrected chi connectivity index (χ2v) is 6.41. The van der Waals surface area contributed by atoms with Gasteiger partial charge in [0.15, 0.2) is 0 Å². The lowest BCUT2D eigenvalue weighted by Gasteiger charge is -2.33. The molecule has 0 aliphatic rings. The average Bonchev–Trinajstić information content (AvgIpc) is 2.40. The zero-order chi connectivity index (χ0) is 23.7. The van der Waals surface area contributed by atoms with Crippen molar-refractivity contribution in [2.24, 2.45) is 0 Å². The molecule has 0 radical (unpaired) electrons. The normalized spacial score (nSPS) is 15.5. The van der Waals surface area contributed by atoms with E-state index in [0.717, 1.165) is 0 Å². The lowest BCUT2D eigenvalue weighted by molar-refractivity contribution is -0.541. The van der Waals surface area contributed by atoms with E-state index in [4.69, 9.17) is 0 Å². The summed E-state index contributed by atoms with van der Waals surface area (Å²) in [6.45, 7) is -0.00171. The molecule has 0 unspecified atom stereocenters. The molecule has 0 rings (SSSR count). The number of ether oxygens (including phenoxy) is 2. The lowest BCUT2D eigenvalue weighted by atomic mass is 10.1. The molecule has 19 heteroatoms. The highest BCUT2D eigenvalue weighted by Crippen LogP contribution is 2.49. The van der Waals surface area contributed by atoms with Gasteiger partial charge < -0.3 is 0 Å². The van der Waals surface area contributed by atoms with Crippen molar-refractivity contribution in [1.29, 1.82) is 0 Å². The van der Waals surface area contributed by atoms with Crippen LogP contribution in [0.4, 0.5) is 57.1 Å². The maximum absolute atomic E-state index is 13.2. The molecule has 0 amide bonds. The molecule has 0 spiro atoms. The van der Waals surface area contributed by atoms with E-state index in [9.17, 15) is 65.5 Å². The van der Waals surface area contributed by atoms with E-state index in [2.05, 4.69) is 10.8 Å². The van der Waals surface area contributed by atoms with Crippen LogP contribution in [-0.2, 0) is 23.8 Å². The van der Waals surface area contributed by atoms with Crippen molar-refractivity contribution in [3.63, 3.8) is 0 Å². The minimum atomic E-state index is -7.09. The zero-order valence-electron chi connectivity index (χ0n) is 13.1. The van der Waals surface area contributed by atoms with Crippen LogP contribution in [0.15, 0.2) is 12.0 Å². The van der Waals surface area contributed by atoms with Crippen LogP contribution in [0, 0.1) is 0 Å². The number of hydrogen-bond acceptors (Lipinski definition) is 5. The summed E-state index contributed by atoms with van der Waals surface area (Å²) in [6, 6.07) is 0. The number of hydrogen-bond donors (Lipinski definition) is 0. The third-order valence-corrected chi connectivity index (χ3v) is 3.24. The summed E-state index contributed by atoms with van der Waals surface area (Å²) in [6.07, 6.45) is -31.1. The van der Waals surface area contributed by atoms with E-state index in [1.165, 1.54) is 4.74 Å². The van der Waals surface area contributed by atoms with Gasteiger partial charge in [0.1, 0.15) is 6.61 Å². The Morgan fingerprint density at radius 3 is 1.52 bits per heavy atom. The monoisotopic (exact) mass is 486 g/mol. The summed E-state index contributed by atoms with van der Waals surface area (Å²) < 4.78 is 193. The number of rotatable bonds is 11. The fourth-order valence-electron chi connectivity index (χ4n) is 1.20. The predicted octanol–water partition coefficient (Wildman–Crippen LogP) is 4.47. The second-order valence-electron chi connectivity index (χ2n) is 4.86. The zero-order valence-corrected chi connectivity index (χ0v) is 13.9. The van der Waals surface area contributed by atoms with Crippen LogP contribution in [-0.4, -0.2) is 51.6 Å². The molecule has 5 nitrogen and oxygen atoms in total. The molecule has 0 bridgehead atoms. The van der Waals surface area contributed by atoms with Crippen LogP contribution in [0.25, 0.3) is 0 Å². The Morgan fingerprint density at radius 2 is 1.14 bits per heavy atom. The van der Waals surface area contributed by atoms with Gasteiger partial charge in [-0.15, -0.1) is 13.2 Å². The summed E-state index contributed by atoms with van der Waals surface area (Å²) >= 11 is 0. The molecule has 0 saturated carbocycles. The Hall–Kier alpha value is -1.34. The summed E-state index contributed by atoms with van der Waals surface area (Å²) in [7, 11) is -4.93. The first-order valence-corrected chi connectivity index (χ1v) is 7.74. The Balaban J connectivity index is 5.51. The highest BCUT2D eigenvalue weighted by atomic mass is 32.2. The molecule has 174 valence electrons. The third-order valence-electron chi connectivity index (χ3n) is 2.38. The minimum absolute atomic E-state index is 0.109. The van der Waals surface area contributed by atoms with Crippen molar-refractivity contribution in [3.05, 3.63) is 12.0 Å². The second kappa shape index (κ2) is 8.06. The van der Waals surface area contributed by atoms with Gasteiger partial charge in [-0.25, -0.2) is 18.3 Å². The highest BCUT2D eigenvalue weighted by Gasteiger charge is 2.73. The van der Waals surface area contributed by atoms with Gasteiger partial charge in [-0.1, -0.05) is 6.58 Å². The average molecular weight is 486 g/mol. The summed E-state index contributed by atoms with van der Waals surface area (Å²) in [5.74, 6) is -11.7. The van der Waals surface area contributed by atoms with Crippen LogP contribution in [0.5, 0.6) is 0 Å². The summed E-state index contributed by atoms with van der Waals surface area (Å²) in [5.41, 5.74) is 0. The van der Waals surface area contributed by atoms with E-state index in [-0.39, 0.29) is 5.41 Å². The van der Waals surface area contributed by atoms with Crippen molar-refractivity contribution in [2.45, 2.75) is 43.0 Å². The molecule has 0 N–H and O–H groups in total. The quantitative estimate of drug-likeness (QED) is 0.319. The fourth-order valence-corrected chi connectivity index (χ4v) is 1.63. The molecule has 0 heterocycles. The lowest BCUT2D eigenvalue weighted by Crippen LogP contribution is -2.56. The Labute approximate surface area is 152 Å². The highest BCUT2D eigenvalue weighted by molar-refractivity contribution is 7.89. The van der Waals surface area contributed by atoms with Crippen molar-refractivity contribution in [2.75, 3.05) is 6.61 Å². The third kappa shape index (κ3) is 8.13. The van der Waals surface area contributed by atoms with Crippen molar-refractivity contribution in [3.8, 4) is 0 Å². The molecule has 29 heavy (non-hydrogen) atoms. The first kappa shape index (κ1) is 27.7. The molecule has 0 aromatic rings. The standard InChI is InChI=1S/C10H7F13O5S/c1-2-29(24,25)26-4-5(11,12)3-6(13,14)7(15,16)27-8(17,18)9(19,20)28-10(21,22)23/h2H,1,3-4H2. The largest absolute Gasteiger partial charge is 0.527 e. The molecule has 0 aromatic heterocycles. The van der Waals surface area contributed by atoms with Crippen LogP contribution in [0.2, 0.25) is 0 Å². The summed E-state index contributed by atoms with van der Waals surface area (Å²) in [4.78, 5) is 0. The molecule has 0 fully saturated rings. The van der Waals surface area contributed by atoms with Crippen LogP contribution in [0.3, 0.4) is 0 Å². The van der Waals surface area contributed by atoms with Gasteiger partial charge in [-0.05, 0) is 0 Å². The maximum Gasteiger partial charge on any atom is 0.527 e. The van der Waals surface area contributed by atoms with E-state index in [0.29, 0.717) is 0 Å². The van der Waals surface area contributed by atoms with Crippen molar-refractivity contribution in [1.82, 2.24) is 0 Å². The number of halogens is 13. The topological polar surface area (TPSA) is 61.8 Å². The molecule has 0 aromatic carbocycles. The van der Waals surface area contributed by atoms with Gasteiger partial charge >= 0.3 is 30.6 Å². The van der Waals surface area contributed by atoms with Gasteiger partial charge in [0.2, 0.25) is 0 Å². The van der Waals surface area contributed by atoms with Gasteiger partial charge in [0.25, 0.3) is 16.0 Å². The fraction of sp³-hybridized carbons (Fsp3) is 0.800. The van der Waals surface area contributed by atoms with Crippen molar-refractivity contribution >= 4 is 10.1 Å². The Kier molecular flexibility index (Phi) is 7.69. The van der Waals surface area contributed by atoms with Crippen LogP contribution < -0.4 is 0 Å². The molecular weight excluding hydrogens is 479 g/mol. The molecule has 0 aliphatic carbocycles. The van der Waals surface area contributed by atoms with Gasteiger partial charge in [0, 0.05) is 0 Å². The number of alkyl halides is 13. The van der Waals surface area contributed by atoms with Crippen LogP contribution in [0.1, 0.15) is 6.42 Å². The Bertz CT molecular complexity index is 685. The first-order chi connectivity index (χ1) is 12.4.